The van der Waals surface area contributed by atoms with Gasteiger partial charge in [0.25, 0.3) is 0 Å². The molecule has 4 nitrogen and oxygen atoms in total. The first-order valence-electron chi connectivity index (χ1n) is 5.18. The summed E-state index contributed by atoms with van der Waals surface area (Å²) < 4.78 is 0. The van der Waals surface area contributed by atoms with Crippen LogP contribution in [0.25, 0.3) is 11.1 Å². The molecule has 0 unspecified atom stereocenters. The van der Waals surface area contributed by atoms with Crippen molar-refractivity contribution in [2.24, 2.45) is 5.73 Å². The minimum Gasteiger partial charge on any atom is -0.366 e. The lowest BCUT2D eigenvalue weighted by Gasteiger charge is -2.08. The number of hydrogen-bond acceptors (Lipinski definition) is 3. The number of benzene rings is 1. The Kier molecular flexibility index (Phi) is 3.70. The number of hydrogen-bond donors (Lipinski definition) is 1. The molecule has 2 rings (SSSR count). The standard InChI is InChI=1S/C13H7Cl2N3O/c14-11-4-8(5-12(15)18-11)9-2-1-7(6-16)3-10(9)13(17)19/h1-5H,(H2,17,19). The van der Waals surface area contributed by atoms with E-state index in [1.807, 2.05) is 6.07 Å². The van der Waals surface area contributed by atoms with Crippen LogP contribution < -0.4 is 5.73 Å². The maximum absolute atomic E-state index is 11.5. The predicted octanol–water partition coefficient (Wildman–Crippen LogP) is 3.03. The highest BCUT2D eigenvalue weighted by Gasteiger charge is 2.12. The number of halogens is 2. The van der Waals surface area contributed by atoms with E-state index < -0.39 is 5.91 Å². The Balaban J connectivity index is 2.68. The molecule has 0 saturated carbocycles. The lowest BCUT2D eigenvalue weighted by Crippen LogP contribution is -2.12. The summed E-state index contributed by atoms with van der Waals surface area (Å²) in [5.74, 6) is -0.629. The molecule has 0 atom stereocenters. The van der Waals surface area contributed by atoms with Gasteiger partial charge < -0.3 is 5.73 Å². The maximum atomic E-state index is 11.5. The molecule has 19 heavy (non-hydrogen) atoms. The molecule has 1 aromatic heterocycles. The van der Waals surface area contributed by atoms with Gasteiger partial charge in [0.1, 0.15) is 10.3 Å². The summed E-state index contributed by atoms with van der Waals surface area (Å²) in [5, 5.41) is 9.26. The maximum Gasteiger partial charge on any atom is 0.249 e. The molecule has 0 bridgehead atoms. The number of nitrogens with zero attached hydrogens (tertiary/aromatic N) is 2. The molecule has 1 heterocycles. The van der Waals surface area contributed by atoms with E-state index >= 15 is 0 Å². The number of carbonyl (C=O) groups is 1. The van der Waals surface area contributed by atoms with Gasteiger partial charge in [-0.2, -0.15) is 5.26 Å². The van der Waals surface area contributed by atoms with E-state index in [9.17, 15) is 4.79 Å². The molecule has 0 radical (unpaired) electrons. The van der Waals surface area contributed by atoms with E-state index in [0.717, 1.165) is 0 Å². The Morgan fingerprint density at radius 1 is 1.21 bits per heavy atom. The topological polar surface area (TPSA) is 79.8 Å². The third-order valence-corrected chi connectivity index (χ3v) is 2.88. The molecular weight excluding hydrogens is 285 g/mol. The van der Waals surface area contributed by atoms with E-state index in [1.54, 1.807) is 24.3 Å². The van der Waals surface area contributed by atoms with E-state index in [-0.39, 0.29) is 15.9 Å². The van der Waals surface area contributed by atoms with Gasteiger partial charge in [0.2, 0.25) is 5.91 Å². The minimum atomic E-state index is -0.629. The average Bonchev–Trinajstić information content (AvgIpc) is 2.36. The summed E-state index contributed by atoms with van der Waals surface area (Å²) in [6, 6.07) is 9.74. The smallest absolute Gasteiger partial charge is 0.249 e. The number of pyridine rings is 1. The zero-order valence-corrected chi connectivity index (χ0v) is 11.0. The van der Waals surface area contributed by atoms with Crippen LogP contribution in [-0.2, 0) is 0 Å². The largest absolute Gasteiger partial charge is 0.366 e. The van der Waals surface area contributed by atoms with Crippen LogP contribution in [0.2, 0.25) is 10.3 Å². The highest BCUT2D eigenvalue weighted by Crippen LogP contribution is 2.28. The molecule has 0 spiro atoms. The zero-order chi connectivity index (χ0) is 14.0. The Labute approximate surface area is 119 Å². The molecule has 0 fully saturated rings. The van der Waals surface area contributed by atoms with E-state index in [0.29, 0.717) is 16.7 Å². The molecule has 2 aromatic rings. The van der Waals surface area contributed by atoms with Gasteiger partial charge >= 0.3 is 0 Å². The first-order valence-corrected chi connectivity index (χ1v) is 5.94. The number of rotatable bonds is 2. The second kappa shape index (κ2) is 5.27. The van der Waals surface area contributed by atoms with Gasteiger partial charge in [0.15, 0.2) is 0 Å². The quantitative estimate of drug-likeness (QED) is 0.864. The fourth-order valence-corrected chi connectivity index (χ4v) is 2.15. The average molecular weight is 292 g/mol. The number of nitriles is 1. The summed E-state index contributed by atoms with van der Waals surface area (Å²) in [6.45, 7) is 0. The Bertz CT molecular complexity index is 687. The second-order valence-electron chi connectivity index (χ2n) is 3.74. The number of carbonyl (C=O) groups excluding carboxylic acids is 1. The Morgan fingerprint density at radius 2 is 1.84 bits per heavy atom. The highest BCUT2D eigenvalue weighted by molar-refractivity contribution is 6.32. The van der Waals surface area contributed by atoms with Crippen molar-refractivity contribution in [3.05, 3.63) is 51.8 Å². The summed E-state index contributed by atoms with van der Waals surface area (Å²) in [6.07, 6.45) is 0. The first kappa shape index (κ1) is 13.3. The minimum absolute atomic E-state index is 0.210. The fourth-order valence-electron chi connectivity index (χ4n) is 1.69. The normalized spacial score (nSPS) is 9.95. The Morgan fingerprint density at radius 3 is 2.37 bits per heavy atom. The van der Waals surface area contributed by atoms with Crippen LogP contribution in [-0.4, -0.2) is 10.9 Å². The van der Waals surface area contributed by atoms with Gasteiger partial charge in [-0.25, -0.2) is 4.98 Å². The van der Waals surface area contributed by atoms with Crippen LogP contribution in [0, 0.1) is 11.3 Å². The summed E-state index contributed by atoms with van der Waals surface area (Å²) in [4.78, 5) is 15.3. The van der Waals surface area contributed by atoms with E-state index in [2.05, 4.69) is 4.98 Å². The van der Waals surface area contributed by atoms with Crippen LogP contribution >= 0.6 is 23.2 Å². The molecule has 0 aliphatic rings. The number of aromatic nitrogens is 1. The van der Waals surface area contributed by atoms with Crippen molar-refractivity contribution in [3.63, 3.8) is 0 Å². The van der Waals surface area contributed by atoms with Crippen LogP contribution in [0.4, 0.5) is 0 Å². The molecule has 0 saturated heterocycles. The summed E-state index contributed by atoms with van der Waals surface area (Å²) in [7, 11) is 0. The van der Waals surface area contributed by atoms with Crippen LogP contribution in [0.3, 0.4) is 0 Å². The zero-order valence-electron chi connectivity index (χ0n) is 9.52. The molecule has 1 aromatic carbocycles. The molecule has 6 heteroatoms. The van der Waals surface area contributed by atoms with Crippen molar-refractivity contribution in [2.45, 2.75) is 0 Å². The van der Waals surface area contributed by atoms with Gasteiger partial charge in [0.05, 0.1) is 11.6 Å². The number of amides is 1. The van der Waals surface area contributed by atoms with Crippen molar-refractivity contribution in [3.8, 4) is 17.2 Å². The van der Waals surface area contributed by atoms with Crippen molar-refractivity contribution in [2.75, 3.05) is 0 Å². The lowest BCUT2D eigenvalue weighted by atomic mass is 9.98. The van der Waals surface area contributed by atoms with Gasteiger partial charge in [-0.3, -0.25) is 4.79 Å². The lowest BCUT2D eigenvalue weighted by molar-refractivity contribution is 0.100. The second-order valence-corrected chi connectivity index (χ2v) is 4.51. The van der Waals surface area contributed by atoms with Gasteiger partial charge in [-0.05, 0) is 35.4 Å². The molecule has 0 aliphatic carbocycles. The molecule has 2 N–H and O–H groups in total. The van der Waals surface area contributed by atoms with Gasteiger partial charge in [-0.15, -0.1) is 0 Å². The molecular formula is C13H7Cl2N3O. The fraction of sp³-hybridized carbons (Fsp3) is 0. The van der Waals surface area contributed by atoms with Gasteiger partial charge in [-0.1, -0.05) is 29.3 Å². The molecule has 0 aliphatic heterocycles. The van der Waals surface area contributed by atoms with Crippen LogP contribution in [0.5, 0.6) is 0 Å². The van der Waals surface area contributed by atoms with Crippen molar-refractivity contribution >= 4 is 29.1 Å². The van der Waals surface area contributed by atoms with Crippen molar-refractivity contribution in [1.82, 2.24) is 4.98 Å². The van der Waals surface area contributed by atoms with Crippen molar-refractivity contribution < 1.29 is 4.79 Å². The Hall–Kier alpha value is -2.09. The molecule has 1 amide bonds. The van der Waals surface area contributed by atoms with E-state index in [4.69, 9.17) is 34.2 Å². The van der Waals surface area contributed by atoms with Crippen molar-refractivity contribution in [1.29, 1.82) is 5.26 Å². The monoisotopic (exact) mass is 291 g/mol. The summed E-state index contributed by atoms with van der Waals surface area (Å²) in [5.41, 5.74) is 7.07. The third-order valence-electron chi connectivity index (χ3n) is 2.49. The SMILES string of the molecule is N#Cc1ccc(-c2cc(Cl)nc(Cl)c2)c(C(N)=O)c1. The number of nitrogens with two attached hydrogens (primary N) is 1. The van der Waals surface area contributed by atoms with Crippen LogP contribution in [0.1, 0.15) is 15.9 Å². The molecule has 94 valence electrons. The van der Waals surface area contributed by atoms with Gasteiger partial charge in [0, 0.05) is 5.56 Å². The highest BCUT2D eigenvalue weighted by atomic mass is 35.5. The van der Waals surface area contributed by atoms with Crippen LogP contribution in [0.15, 0.2) is 30.3 Å². The number of primary amides is 1. The third kappa shape index (κ3) is 2.84. The summed E-state index contributed by atoms with van der Waals surface area (Å²) >= 11 is 11.7. The first-order chi connectivity index (χ1) is 9.01. The van der Waals surface area contributed by atoms with E-state index in [1.165, 1.54) is 6.07 Å². The predicted molar refractivity (Wildman–Crippen MR) is 72.9 cm³/mol.